The van der Waals surface area contributed by atoms with E-state index in [9.17, 15) is 23.3 Å². The third-order valence-electron chi connectivity index (χ3n) is 4.02. The van der Waals surface area contributed by atoms with Crippen LogP contribution in [-0.2, 0) is 20.4 Å². The minimum atomic E-state index is -4.54. The zero-order chi connectivity index (χ0) is 23.6. The number of nitrogens with zero attached hydrogens (tertiary/aromatic N) is 1. The number of nitro groups is 1. The molecule has 2 aromatic rings. The van der Waals surface area contributed by atoms with E-state index in [-0.39, 0.29) is 41.0 Å². The molecule has 0 unspecified atom stereocenters. The average Bonchev–Trinajstić information content (AvgIpc) is 2.73. The molecule has 0 atom stereocenters. The van der Waals surface area contributed by atoms with E-state index in [1.54, 1.807) is 7.11 Å². The second-order valence-corrected chi connectivity index (χ2v) is 6.73. The molecule has 0 saturated heterocycles. The van der Waals surface area contributed by atoms with Crippen LogP contribution in [0.25, 0.3) is 0 Å². The van der Waals surface area contributed by atoms with E-state index in [2.05, 4.69) is 5.32 Å². The van der Waals surface area contributed by atoms with Crippen molar-refractivity contribution in [2.24, 2.45) is 0 Å². The molecule has 0 aromatic heterocycles. The molecular weight excluding hydrogens is 457 g/mol. The Morgan fingerprint density at radius 3 is 2.34 bits per heavy atom. The molecule has 32 heavy (non-hydrogen) atoms. The molecule has 0 saturated carbocycles. The number of anilines is 1. The van der Waals surface area contributed by atoms with Gasteiger partial charge in [0.15, 0.2) is 0 Å². The number of hydrogen-bond donors (Lipinski definition) is 1. The van der Waals surface area contributed by atoms with Gasteiger partial charge < -0.3 is 24.3 Å². The lowest BCUT2D eigenvalue weighted by Crippen LogP contribution is -2.14. The highest BCUT2D eigenvalue weighted by Crippen LogP contribution is 2.37. The highest BCUT2D eigenvalue weighted by molar-refractivity contribution is 6.32. The Balaban J connectivity index is 1.97. The van der Waals surface area contributed by atoms with Crippen molar-refractivity contribution in [3.63, 3.8) is 0 Å². The summed E-state index contributed by atoms with van der Waals surface area (Å²) in [4.78, 5) is 10.7. The van der Waals surface area contributed by atoms with Gasteiger partial charge in [-0.15, -0.1) is 0 Å². The van der Waals surface area contributed by atoms with Crippen molar-refractivity contribution in [2.75, 3.05) is 52.0 Å². The van der Waals surface area contributed by atoms with Gasteiger partial charge in [0, 0.05) is 25.8 Å². The summed E-state index contributed by atoms with van der Waals surface area (Å²) in [5.74, 6) is 0.142. The van der Waals surface area contributed by atoms with Gasteiger partial charge in [0.1, 0.15) is 17.2 Å². The Bertz CT molecular complexity index is 898. The number of ether oxygens (including phenoxy) is 4. The van der Waals surface area contributed by atoms with Crippen LogP contribution in [0.1, 0.15) is 5.56 Å². The lowest BCUT2D eigenvalue weighted by molar-refractivity contribution is -0.384. The maximum absolute atomic E-state index is 12.8. The van der Waals surface area contributed by atoms with Gasteiger partial charge in [-0.2, -0.15) is 13.2 Å². The van der Waals surface area contributed by atoms with Gasteiger partial charge in [-0.3, -0.25) is 10.1 Å². The summed E-state index contributed by atoms with van der Waals surface area (Å²) in [5, 5.41) is 13.9. The largest absolute Gasteiger partial charge is 0.456 e. The highest BCUT2D eigenvalue weighted by atomic mass is 35.5. The molecule has 0 amide bonds. The van der Waals surface area contributed by atoms with Crippen molar-refractivity contribution in [3.05, 3.63) is 57.1 Å². The van der Waals surface area contributed by atoms with Gasteiger partial charge in [-0.25, -0.2) is 0 Å². The van der Waals surface area contributed by atoms with E-state index >= 15 is 0 Å². The highest BCUT2D eigenvalue weighted by Gasteiger charge is 2.31. The van der Waals surface area contributed by atoms with Crippen molar-refractivity contribution in [1.29, 1.82) is 0 Å². The molecule has 0 heterocycles. The summed E-state index contributed by atoms with van der Waals surface area (Å²) < 4.78 is 59.3. The number of benzene rings is 2. The van der Waals surface area contributed by atoms with E-state index < -0.39 is 16.7 Å². The van der Waals surface area contributed by atoms with Crippen molar-refractivity contribution >= 4 is 23.0 Å². The fourth-order valence-electron chi connectivity index (χ4n) is 2.49. The van der Waals surface area contributed by atoms with Crippen LogP contribution in [0.15, 0.2) is 36.4 Å². The standard InChI is InChI=1S/C20H22ClF3N2O6/c1-29-8-9-31-11-10-30-7-6-25-17-13-15(3-4-18(17)26(27)28)32-19-5-2-14(12-16(19)21)20(22,23)24/h2-5,12-13,25H,6-11H2,1H3. The Morgan fingerprint density at radius 2 is 1.72 bits per heavy atom. The predicted molar refractivity (Wildman–Crippen MR) is 112 cm³/mol. The lowest BCUT2D eigenvalue weighted by Gasteiger charge is -2.13. The van der Waals surface area contributed by atoms with Gasteiger partial charge in [0.05, 0.1) is 48.5 Å². The van der Waals surface area contributed by atoms with Crippen LogP contribution in [0.3, 0.4) is 0 Å². The van der Waals surface area contributed by atoms with Crippen LogP contribution in [0.4, 0.5) is 24.5 Å². The number of nitrogens with one attached hydrogen (secondary N) is 1. The van der Waals surface area contributed by atoms with Crippen LogP contribution in [-0.4, -0.2) is 51.6 Å². The Labute approximate surface area is 187 Å². The Morgan fingerprint density at radius 1 is 1.03 bits per heavy atom. The van der Waals surface area contributed by atoms with Crippen molar-refractivity contribution in [3.8, 4) is 11.5 Å². The van der Waals surface area contributed by atoms with Gasteiger partial charge >= 0.3 is 6.18 Å². The molecule has 2 rings (SSSR count). The number of nitro benzene ring substituents is 1. The second-order valence-electron chi connectivity index (χ2n) is 6.33. The summed E-state index contributed by atoms with van der Waals surface area (Å²) in [6, 6.07) is 6.58. The third kappa shape index (κ3) is 8.15. The van der Waals surface area contributed by atoms with Gasteiger partial charge in [0.2, 0.25) is 0 Å². The van der Waals surface area contributed by atoms with E-state index in [1.807, 2.05) is 0 Å². The minimum absolute atomic E-state index is 0.0173. The molecule has 1 N–H and O–H groups in total. The first-order valence-corrected chi connectivity index (χ1v) is 9.81. The Kier molecular flexibility index (Phi) is 9.97. The number of rotatable bonds is 13. The van der Waals surface area contributed by atoms with Gasteiger partial charge in [0.25, 0.3) is 5.69 Å². The molecule has 0 spiro atoms. The van der Waals surface area contributed by atoms with Crippen molar-refractivity contribution in [1.82, 2.24) is 0 Å². The molecule has 0 aliphatic carbocycles. The molecule has 0 fully saturated rings. The van der Waals surface area contributed by atoms with Gasteiger partial charge in [-0.1, -0.05) is 11.6 Å². The van der Waals surface area contributed by atoms with E-state index in [0.29, 0.717) is 26.4 Å². The van der Waals surface area contributed by atoms with Crippen LogP contribution in [0.5, 0.6) is 11.5 Å². The van der Waals surface area contributed by atoms with E-state index in [1.165, 1.54) is 18.2 Å². The summed E-state index contributed by atoms with van der Waals surface area (Å²) >= 11 is 5.90. The maximum Gasteiger partial charge on any atom is 0.416 e. The van der Waals surface area contributed by atoms with E-state index in [0.717, 1.165) is 18.2 Å². The van der Waals surface area contributed by atoms with Crippen molar-refractivity contribution in [2.45, 2.75) is 6.18 Å². The SMILES string of the molecule is COCCOCCOCCNc1cc(Oc2ccc(C(F)(F)F)cc2Cl)ccc1[N+](=O)[O-]. The zero-order valence-corrected chi connectivity index (χ0v) is 17.9. The fraction of sp³-hybridized carbons (Fsp3) is 0.400. The molecular formula is C20H22ClF3N2O6. The average molecular weight is 479 g/mol. The first kappa shape index (κ1) is 25.7. The topological polar surface area (TPSA) is 92.1 Å². The second kappa shape index (κ2) is 12.4. The number of alkyl halides is 3. The molecule has 0 aliphatic rings. The molecule has 8 nitrogen and oxygen atoms in total. The van der Waals surface area contributed by atoms with Crippen LogP contribution < -0.4 is 10.1 Å². The monoisotopic (exact) mass is 478 g/mol. The molecule has 176 valence electrons. The summed E-state index contributed by atoms with van der Waals surface area (Å²) in [6.07, 6.45) is -4.54. The number of halogens is 4. The lowest BCUT2D eigenvalue weighted by atomic mass is 10.2. The fourth-order valence-corrected chi connectivity index (χ4v) is 2.71. The first-order valence-electron chi connectivity index (χ1n) is 9.43. The van der Waals surface area contributed by atoms with Crippen molar-refractivity contribution < 1.29 is 37.0 Å². The summed E-state index contributed by atoms with van der Waals surface area (Å²) in [7, 11) is 1.57. The van der Waals surface area contributed by atoms with E-state index in [4.69, 9.17) is 30.5 Å². The third-order valence-corrected chi connectivity index (χ3v) is 4.31. The quantitative estimate of drug-likeness (QED) is 0.242. The molecule has 12 heteroatoms. The summed E-state index contributed by atoms with van der Waals surface area (Å²) in [5.41, 5.74) is -0.945. The van der Waals surface area contributed by atoms with Crippen LogP contribution in [0, 0.1) is 10.1 Å². The maximum atomic E-state index is 12.8. The molecule has 2 aromatic carbocycles. The normalized spacial score (nSPS) is 11.4. The molecule has 0 bridgehead atoms. The smallest absolute Gasteiger partial charge is 0.416 e. The zero-order valence-electron chi connectivity index (χ0n) is 17.1. The minimum Gasteiger partial charge on any atom is -0.456 e. The molecule has 0 aliphatic heterocycles. The van der Waals surface area contributed by atoms with Gasteiger partial charge in [-0.05, 0) is 24.3 Å². The number of hydrogen-bond acceptors (Lipinski definition) is 7. The first-order chi connectivity index (χ1) is 15.2. The van der Waals surface area contributed by atoms with Crippen LogP contribution >= 0.6 is 11.6 Å². The van der Waals surface area contributed by atoms with Crippen LogP contribution in [0.2, 0.25) is 5.02 Å². The predicted octanol–water partition coefficient (Wildman–Crippen LogP) is 5.15. The Hall–Kier alpha value is -2.60. The molecule has 0 radical (unpaired) electrons. The summed E-state index contributed by atoms with van der Waals surface area (Å²) in [6.45, 7) is 2.22. The number of methoxy groups -OCH3 is 1.